The summed E-state index contributed by atoms with van der Waals surface area (Å²) < 4.78 is 0. The lowest BCUT2D eigenvalue weighted by Crippen LogP contribution is -2.57. The molecule has 0 bridgehead atoms. The Kier molecular flexibility index (Phi) is 5.12. The van der Waals surface area contributed by atoms with E-state index in [1.54, 1.807) is 6.20 Å². The second-order valence-corrected chi connectivity index (χ2v) is 5.87. The molecule has 2 rings (SSSR count). The molecule has 1 aromatic heterocycles. The summed E-state index contributed by atoms with van der Waals surface area (Å²) in [6.07, 6.45) is 7.64. The van der Waals surface area contributed by atoms with Crippen molar-refractivity contribution >= 4 is 11.7 Å². The smallest absolute Gasteiger partial charge is 0.271 e. The van der Waals surface area contributed by atoms with Gasteiger partial charge in [-0.25, -0.2) is 9.97 Å². The molecule has 1 saturated carbocycles. The van der Waals surface area contributed by atoms with Gasteiger partial charge < -0.3 is 15.5 Å². The number of nitrogens with one attached hydrogen (secondary N) is 2. The van der Waals surface area contributed by atoms with Crippen molar-refractivity contribution in [3.05, 3.63) is 18.1 Å². The van der Waals surface area contributed by atoms with Gasteiger partial charge in [0.2, 0.25) is 0 Å². The first-order chi connectivity index (χ1) is 10.1. The third kappa shape index (κ3) is 3.69. The number of anilines is 1. The van der Waals surface area contributed by atoms with Crippen LogP contribution in [0.2, 0.25) is 0 Å². The van der Waals surface area contributed by atoms with Gasteiger partial charge in [-0.2, -0.15) is 0 Å². The quantitative estimate of drug-likeness (QED) is 0.797. The number of nitrogens with zero attached hydrogens (tertiary/aromatic N) is 3. The Bertz CT molecular complexity index is 467. The van der Waals surface area contributed by atoms with E-state index >= 15 is 0 Å². The van der Waals surface area contributed by atoms with Crippen molar-refractivity contribution in [2.24, 2.45) is 0 Å². The lowest BCUT2D eigenvalue weighted by atomic mass is 9.75. The summed E-state index contributed by atoms with van der Waals surface area (Å²) in [6.45, 7) is 3.60. The summed E-state index contributed by atoms with van der Waals surface area (Å²) in [5.74, 6) is 0.551. The lowest BCUT2D eigenvalue weighted by Gasteiger charge is -2.47. The van der Waals surface area contributed by atoms with Gasteiger partial charge in [-0.15, -0.1) is 0 Å². The molecular weight excluding hydrogens is 266 g/mol. The Morgan fingerprint density at radius 2 is 2.10 bits per heavy atom. The highest BCUT2D eigenvalue weighted by atomic mass is 16.1. The third-order valence-electron chi connectivity index (χ3n) is 4.25. The Morgan fingerprint density at radius 3 is 2.57 bits per heavy atom. The predicted octanol–water partition coefficient (Wildman–Crippen LogP) is 1.51. The van der Waals surface area contributed by atoms with Gasteiger partial charge in [0.1, 0.15) is 11.5 Å². The van der Waals surface area contributed by atoms with Crippen molar-refractivity contribution in [2.75, 3.05) is 32.5 Å². The second kappa shape index (κ2) is 6.85. The minimum absolute atomic E-state index is 0.117. The lowest BCUT2D eigenvalue weighted by molar-refractivity contribution is 0.0556. The summed E-state index contributed by atoms with van der Waals surface area (Å²) in [4.78, 5) is 22.7. The first-order valence-corrected chi connectivity index (χ1v) is 7.59. The summed E-state index contributed by atoms with van der Waals surface area (Å²) in [6, 6.07) is 0. The fraction of sp³-hybridized carbons (Fsp3) is 0.667. The van der Waals surface area contributed by atoms with Crippen LogP contribution >= 0.6 is 0 Å². The van der Waals surface area contributed by atoms with E-state index in [-0.39, 0.29) is 11.4 Å². The van der Waals surface area contributed by atoms with Crippen LogP contribution in [0.15, 0.2) is 12.4 Å². The van der Waals surface area contributed by atoms with E-state index in [1.807, 2.05) is 0 Å². The molecule has 2 N–H and O–H groups in total. The second-order valence-electron chi connectivity index (χ2n) is 5.87. The molecule has 0 aromatic carbocycles. The number of amides is 1. The Morgan fingerprint density at radius 1 is 1.33 bits per heavy atom. The number of carbonyl (C=O) groups excluding carboxylic acids is 1. The molecule has 21 heavy (non-hydrogen) atoms. The zero-order valence-corrected chi connectivity index (χ0v) is 13.1. The van der Waals surface area contributed by atoms with Crippen LogP contribution in [0.5, 0.6) is 0 Å². The van der Waals surface area contributed by atoms with Crippen molar-refractivity contribution in [3.8, 4) is 0 Å². The van der Waals surface area contributed by atoms with Crippen LogP contribution in [-0.2, 0) is 0 Å². The van der Waals surface area contributed by atoms with E-state index < -0.39 is 0 Å². The third-order valence-corrected chi connectivity index (χ3v) is 4.25. The molecule has 1 aliphatic rings. The summed E-state index contributed by atoms with van der Waals surface area (Å²) in [5.41, 5.74) is 0.483. The minimum Gasteiger partial charge on any atom is -0.369 e. The Labute approximate surface area is 126 Å². The molecule has 1 heterocycles. The van der Waals surface area contributed by atoms with Crippen molar-refractivity contribution in [1.29, 1.82) is 0 Å². The molecule has 0 saturated heterocycles. The van der Waals surface area contributed by atoms with Gasteiger partial charge in [-0.3, -0.25) is 4.79 Å². The fourth-order valence-electron chi connectivity index (χ4n) is 2.49. The molecule has 0 unspecified atom stereocenters. The molecule has 0 atom stereocenters. The summed E-state index contributed by atoms with van der Waals surface area (Å²) in [5, 5.41) is 6.12. The highest BCUT2D eigenvalue weighted by molar-refractivity contribution is 5.92. The predicted molar refractivity (Wildman–Crippen MR) is 83.4 cm³/mol. The summed E-state index contributed by atoms with van der Waals surface area (Å²) >= 11 is 0. The van der Waals surface area contributed by atoms with Gasteiger partial charge in [0.25, 0.3) is 5.91 Å². The van der Waals surface area contributed by atoms with Gasteiger partial charge in [0.15, 0.2) is 0 Å². The molecule has 1 fully saturated rings. The molecule has 1 aromatic rings. The molecule has 6 nitrogen and oxygen atoms in total. The van der Waals surface area contributed by atoms with Gasteiger partial charge in [0, 0.05) is 18.6 Å². The van der Waals surface area contributed by atoms with E-state index in [9.17, 15) is 4.79 Å². The molecule has 116 valence electrons. The molecule has 1 aliphatic carbocycles. The average Bonchev–Trinajstić information content (AvgIpc) is 2.44. The standard InChI is InChI=1S/C15H25N5O/c1-4-8-16-13-10-17-12(9-18-13)14(21)19-11-15(20(2)3)6-5-7-15/h9-10H,4-8,11H2,1-3H3,(H,16,18)(H,19,21). The van der Waals surface area contributed by atoms with Gasteiger partial charge >= 0.3 is 0 Å². The van der Waals surface area contributed by atoms with Crippen LogP contribution in [0.25, 0.3) is 0 Å². The molecular formula is C15H25N5O. The van der Waals surface area contributed by atoms with Crippen LogP contribution in [0, 0.1) is 0 Å². The minimum atomic E-state index is -0.155. The normalized spacial score (nSPS) is 16.4. The number of rotatable bonds is 7. The average molecular weight is 291 g/mol. The Balaban J connectivity index is 1.88. The van der Waals surface area contributed by atoms with E-state index in [0.717, 1.165) is 25.8 Å². The number of aromatic nitrogens is 2. The van der Waals surface area contributed by atoms with Crippen molar-refractivity contribution in [3.63, 3.8) is 0 Å². The highest BCUT2D eigenvalue weighted by Gasteiger charge is 2.39. The first-order valence-electron chi connectivity index (χ1n) is 7.59. The molecule has 0 radical (unpaired) electrons. The van der Waals surface area contributed by atoms with Crippen LogP contribution < -0.4 is 10.6 Å². The van der Waals surface area contributed by atoms with Crippen LogP contribution in [0.4, 0.5) is 5.82 Å². The maximum absolute atomic E-state index is 12.1. The number of carbonyl (C=O) groups is 1. The van der Waals surface area contributed by atoms with Gasteiger partial charge in [-0.1, -0.05) is 6.92 Å². The maximum atomic E-state index is 12.1. The molecule has 0 spiro atoms. The van der Waals surface area contributed by atoms with Crippen LogP contribution in [0.1, 0.15) is 43.1 Å². The van der Waals surface area contributed by atoms with Crippen molar-refractivity contribution in [2.45, 2.75) is 38.1 Å². The zero-order chi connectivity index (χ0) is 15.3. The SMILES string of the molecule is CCCNc1cnc(C(=O)NCC2(N(C)C)CCC2)cn1. The number of likely N-dealkylation sites (N-methyl/N-ethyl adjacent to an activating group) is 1. The fourth-order valence-corrected chi connectivity index (χ4v) is 2.49. The first kappa shape index (κ1) is 15.7. The molecule has 1 amide bonds. The van der Waals surface area contributed by atoms with Crippen LogP contribution in [0.3, 0.4) is 0 Å². The summed E-state index contributed by atoms with van der Waals surface area (Å²) in [7, 11) is 4.14. The maximum Gasteiger partial charge on any atom is 0.271 e. The highest BCUT2D eigenvalue weighted by Crippen LogP contribution is 2.35. The number of hydrogen-bond acceptors (Lipinski definition) is 5. The zero-order valence-electron chi connectivity index (χ0n) is 13.1. The van der Waals surface area contributed by atoms with E-state index in [2.05, 4.69) is 46.5 Å². The van der Waals surface area contributed by atoms with E-state index in [4.69, 9.17) is 0 Å². The van der Waals surface area contributed by atoms with Gasteiger partial charge in [-0.05, 0) is 39.8 Å². The van der Waals surface area contributed by atoms with Crippen molar-refractivity contribution < 1.29 is 4.79 Å². The topological polar surface area (TPSA) is 70.2 Å². The van der Waals surface area contributed by atoms with Gasteiger partial charge in [0.05, 0.1) is 12.4 Å². The molecule has 6 heteroatoms. The van der Waals surface area contributed by atoms with Crippen molar-refractivity contribution in [1.82, 2.24) is 20.2 Å². The number of hydrogen-bond donors (Lipinski definition) is 2. The monoisotopic (exact) mass is 291 g/mol. The Hall–Kier alpha value is -1.69. The van der Waals surface area contributed by atoms with E-state index in [1.165, 1.54) is 12.6 Å². The van der Waals surface area contributed by atoms with Crippen LogP contribution in [-0.4, -0.2) is 53.5 Å². The molecule has 0 aliphatic heterocycles. The van der Waals surface area contributed by atoms with E-state index in [0.29, 0.717) is 18.1 Å². The largest absolute Gasteiger partial charge is 0.369 e.